The van der Waals surface area contributed by atoms with Gasteiger partial charge >= 0.3 is 11.7 Å². The summed E-state index contributed by atoms with van der Waals surface area (Å²) in [6, 6.07) is 0. The first-order chi connectivity index (χ1) is 8.99. The lowest BCUT2D eigenvalue weighted by molar-refractivity contribution is -0.152. The van der Waals surface area contributed by atoms with E-state index in [0.29, 0.717) is 17.8 Å². The molecule has 0 spiro atoms. The van der Waals surface area contributed by atoms with E-state index in [1.165, 1.54) is 12.5 Å². The van der Waals surface area contributed by atoms with Crippen molar-refractivity contribution in [2.45, 2.75) is 52.6 Å². The predicted molar refractivity (Wildman–Crippen MR) is 74.7 cm³/mol. The minimum absolute atomic E-state index is 0.0238. The fourth-order valence-electron chi connectivity index (χ4n) is 2.76. The van der Waals surface area contributed by atoms with Gasteiger partial charge in [0, 0.05) is 0 Å². The summed E-state index contributed by atoms with van der Waals surface area (Å²) in [6.07, 6.45) is 4.84. The van der Waals surface area contributed by atoms with E-state index in [1.807, 2.05) is 0 Å². The Labute approximate surface area is 115 Å². The number of carbonyl (C=O) groups excluding carboxylic acids is 1. The van der Waals surface area contributed by atoms with Crippen LogP contribution in [0.5, 0.6) is 0 Å². The summed E-state index contributed by atoms with van der Waals surface area (Å²) in [6.45, 7) is 10.0. The third-order valence-electron chi connectivity index (χ3n) is 3.91. The molecule has 1 aliphatic carbocycles. The summed E-state index contributed by atoms with van der Waals surface area (Å²) >= 11 is 0. The van der Waals surface area contributed by atoms with Gasteiger partial charge in [-0.2, -0.15) is 4.79 Å². The summed E-state index contributed by atoms with van der Waals surface area (Å²) in [5.74, 6) is 0.928. The van der Waals surface area contributed by atoms with E-state index < -0.39 is 5.97 Å². The largest absolute Gasteiger partial charge is 0.453 e. The molecule has 0 aromatic heterocycles. The third-order valence-corrected chi connectivity index (χ3v) is 3.91. The lowest BCUT2D eigenvalue weighted by Gasteiger charge is -2.36. The molecule has 3 atom stereocenters. The number of carbonyl (C=O) groups is 1. The first-order valence-electron chi connectivity index (χ1n) is 7.02. The van der Waals surface area contributed by atoms with Crippen LogP contribution in [0, 0.1) is 17.8 Å². The molecule has 0 bridgehead atoms. The molecule has 4 nitrogen and oxygen atoms in total. The quantitative estimate of drug-likeness (QED) is 0.251. The fourth-order valence-corrected chi connectivity index (χ4v) is 2.76. The predicted octanol–water partition coefficient (Wildman–Crippen LogP) is 3.24. The van der Waals surface area contributed by atoms with Crippen molar-refractivity contribution in [3.8, 4) is 0 Å². The molecule has 0 heterocycles. The normalized spacial score (nSPS) is 26.6. The SMILES string of the molecule is C=CCC(=[N+]=[N-])C(=O)O[C@@H]1C[C@H](C)CC[C@H]1C(C)C. The molecule has 0 aliphatic heterocycles. The van der Waals surface area contributed by atoms with E-state index in [0.717, 1.165) is 12.8 Å². The van der Waals surface area contributed by atoms with Crippen molar-refractivity contribution < 1.29 is 14.3 Å². The lowest BCUT2D eigenvalue weighted by atomic mass is 9.75. The van der Waals surface area contributed by atoms with Gasteiger partial charge in [-0.25, -0.2) is 4.79 Å². The van der Waals surface area contributed by atoms with Crippen molar-refractivity contribution in [3.63, 3.8) is 0 Å². The van der Waals surface area contributed by atoms with E-state index >= 15 is 0 Å². The van der Waals surface area contributed by atoms with Crippen LogP contribution in [0.4, 0.5) is 0 Å². The Morgan fingerprint density at radius 3 is 2.74 bits per heavy atom. The van der Waals surface area contributed by atoms with Crippen LogP contribution in [-0.2, 0) is 9.53 Å². The van der Waals surface area contributed by atoms with Crippen LogP contribution in [0.1, 0.15) is 46.5 Å². The zero-order valence-electron chi connectivity index (χ0n) is 12.1. The van der Waals surface area contributed by atoms with Crippen molar-refractivity contribution in [2.75, 3.05) is 0 Å². The zero-order chi connectivity index (χ0) is 14.4. The van der Waals surface area contributed by atoms with Gasteiger partial charge in [0.15, 0.2) is 0 Å². The molecule has 0 aromatic carbocycles. The highest BCUT2D eigenvalue weighted by atomic mass is 16.5. The molecule has 106 valence electrons. The summed E-state index contributed by atoms with van der Waals surface area (Å²) in [4.78, 5) is 14.9. The van der Waals surface area contributed by atoms with Gasteiger partial charge in [-0.05, 0) is 30.6 Å². The minimum atomic E-state index is -0.521. The maximum atomic E-state index is 11.9. The summed E-state index contributed by atoms with van der Waals surface area (Å²) in [7, 11) is 0. The first-order valence-corrected chi connectivity index (χ1v) is 7.02. The summed E-state index contributed by atoms with van der Waals surface area (Å²) < 4.78 is 5.56. The number of esters is 1. The van der Waals surface area contributed by atoms with Crippen LogP contribution in [0.2, 0.25) is 0 Å². The van der Waals surface area contributed by atoms with Crippen LogP contribution in [0.25, 0.3) is 5.53 Å². The molecule has 1 saturated carbocycles. The van der Waals surface area contributed by atoms with Crippen LogP contribution >= 0.6 is 0 Å². The van der Waals surface area contributed by atoms with E-state index in [4.69, 9.17) is 10.3 Å². The Hall–Kier alpha value is -1.41. The van der Waals surface area contributed by atoms with Crippen molar-refractivity contribution in [3.05, 3.63) is 18.2 Å². The molecule has 1 fully saturated rings. The minimum Gasteiger partial charge on any atom is -0.453 e. The molecular weight excluding hydrogens is 240 g/mol. The van der Waals surface area contributed by atoms with Gasteiger partial charge in [-0.15, -0.1) is 6.58 Å². The Morgan fingerprint density at radius 2 is 2.21 bits per heavy atom. The Kier molecular flexibility index (Phi) is 5.97. The summed E-state index contributed by atoms with van der Waals surface area (Å²) in [5.41, 5.74) is 8.85. The molecule has 0 unspecified atom stereocenters. The number of ether oxygens (including phenoxy) is 1. The second-order valence-corrected chi connectivity index (χ2v) is 5.81. The van der Waals surface area contributed by atoms with Crippen LogP contribution in [-0.4, -0.2) is 22.6 Å². The molecule has 0 amide bonds. The number of allylic oxidation sites excluding steroid dienone is 1. The maximum absolute atomic E-state index is 11.9. The average molecular weight is 264 g/mol. The van der Waals surface area contributed by atoms with Gasteiger partial charge in [-0.1, -0.05) is 33.3 Å². The zero-order valence-corrected chi connectivity index (χ0v) is 12.1. The second-order valence-electron chi connectivity index (χ2n) is 5.81. The van der Waals surface area contributed by atoms with Crippen LogP contribution < -0.4 is 0 Å². The van der Waals surface area contributed by atoms with Crippen molar-refractivity contribution >= 4 is 11.7 Å². The number of hydrogen-bond acceptors (Lipinski definition) is 2. The molecule has 1 rings (SSSR count). The van der Waals surface area contributed by atoms with E-state index in [1.54, 1.807) is 0 Å². The van der Waals surface area contributed by atoms with E-state index in [9.17, 15) is 4.79 Å². The molecule has 1 aliphatic rings. The standard InChI is InChI=1S/C15H24N2O2/c1-5-6-13(17-16)15(18)19-14-9-11(4)7-8-12(14)10(2)3/h5,10-12,14H,1,6-9H2,2-4H3/t11-,12+,14-/m1/s1. The van der Waals surface area contributed by atoms with Gasteiger partial charge in [0.2, 0.25) is 0 Å². The maximum Gasteiger partial charge on any atom is 0.417 e. The smallest absolute Gasteiger partial charge is 0.417 e. The molecule has 4 heteroatoms. The molecular formula is C15H24N2O2. The highest BCUT2D eigenvalue weighted by molar-refractivity contribution is 6.34. The monoisotopic (exact) mass is 264 g/mol. The average Bonchev–Trinajstić information content (AvgIpc) is 2.35. The van der Waals surface area contributed by atoms with Gasteiger partial charge in [0.1, 0.15) is 6.10 Å². The Morgan fingerprint density at radius 1 is 1.53 bits per heavy atom. The van der Waals surface area contributed by atoms with Gasteiger partial charge < -0.3 is 10.3 Å². The Balaban J connectivity index is 2.73. The Bertz CT molecular complexity index is 384. The number of hydrogen-bond donors (Lipinski definition) is 0. The fraction of sp³-hybridized carbons (Fsp3) is 0.733. The van der Waals surface area contributed by atoms with Gasteiger partial charge in [0.05, 0.1) is 6.42 Å². The molecule has 0 radical (unpaired) electrons. The highest BCUT2D eigenvalue weighted by Gasteiger charge is 2.35. The number of rotatable bonds is 5. The van der Waals surface area contributed by atoms with Crippen LogP contribution in [0.15, 0.2) is 12.7 Å². The van der Waals surface area contributed by atoms with Crippen molar-refractivity contribution in [1.29, 1.82) is 0 Å². The van der Waals surface area contributed by atoms with E-state index in [-0.39, 0.29) is 18.2 Å². The molecule has 19 heavy (non-hydrogen) atoms. The molecule has 0 N–H and O–H groups in total. The first kappa shape index (κ1) is 15.6. The highest BCUT2D eigenvalue weighted by Crippen LogP contribution is 2.35. The topological polar surface area (TPSA) is 62.7 Å². The van der Waals surface area contributed by atoms with Gasteiger partial charge in [0.25, 0.3) is 0 Å². The lowest BCUT2D eigenvalue weighted by Crippen LogP contribution is -2.37. The molecule has 0 saturated heterocycles. The third kappa shape index (κ3) is 4.32. The number of nitrogens with zero attached hydrogens (tertiary/aromatic N) is 2. The molecule has 0 aromatic rings. The summed E-state index contributed by atoms with van der Waals surface area (Å²) in [5, 5.41) is 0. The van der Waals surface area contributed by atoms with Crippen molar-refractivity contribution in [2.24, 2.45) is 17.8 Å². The van der Waals surface area contributed by atoms with Gasteiger partial charge in [-0.3, -0.25) is 0 Å². The van der Waals surface area contributed by atoms with Crippen LogP contribution in [0.3, 0.4) is 0 Å². The van der Waals surface area contributed by atoms with E-state index in [2.05, 4.69) is 32.1 Å². The second kappa shape index (κ2) is 7.25. The van der Waals surface area contributed by atoms with Crippen molar-refractivity contribution in [1.82, 2.24) is 0 Å².